The van der Waals surface area contributed by atoms with Gasteiger partial charge in [0.25, 0.3) is 0 Å². The molecule has 0 saturated carbocycles. The Labute approximate surface area is 177 Å². The molecule has 3 aromatic rings. The maximum absolute atomic E-state index is 15.6. The Morgan fingerprint density at radius 3 is 1.78 bits per heavy atom. The van der Waals surface area contributed by atoms with Crippen LogP contribution in [0.25, 0.3) is 0 Å². The van der Waals surface area contributed by atoms with Crippen molar-refractivity contribution in [2.75, 3.05) is 12.0 Å². The average molecular weight is 443 g/mol. The highest BCUT2D eigenvalue weighted by atomic mass is 19.2. The molecule has 0 atom stereocenters. The smallest absolute Gasteiger partial charge is 0.418 e. The van der Waals surface area contributed by atoms with Crippen LogP contribution in [0.4, 0.5) is 29.3 Å². The van der Waals surface area contributed by atoms with Gasteiger partial charge in [0.2, 0.25) is 11.6 Å². The minimum atomic E-state index is -1.93. The molecule has 162 valence electrons. The summed E-state index contributed by atoms with van der Waals surface area (Å²) in [5.41, 5.74) is -5.43. The van der Waals surface area contributed by atoms with Crippen molar-refractivity contribution in [2.24, 2.45) is 0 Å². The highest BCUT2D eigenvalue weighted by Gasteiger charge is 2.43. The molecule has 1 amide bonds. The van der Waals surface area contributed by atoms with Crippen molar-refractivity contribution in [1.29, 1.82) is 0 Å². The number of phenolic OH excluding ortho intramolecular Hbond substituents is 2. The number of phenols is 2. The second kappa shape index (κ2) is 7.41. The SMILES string of the molecule is COC(=O)N(c1ccccc1)c1c(F)c(F)c2c(c1F)C(=O)c1c(O)ccc(O)c1C2=O. The fraction of sp³-hybridized carbons (Fsp3) is 0.0455. The Hall–Kier alpha value is -4.34. The zero-order chi connectivity index (χ0) is 23.3. The van der Waals surface area contributed by atoms with Gasteiger partial charge in [-0.05, 0) is 24.3 Å². The highest BCUT2D eigenvalue weighted by molar-refractivity contribution is 6.30. The van der Waals surface area contributed by atoms with Gasteiger partial charge in [0, 0.05) is 0 Å². The fourth-order valence-electron chi connectivity index (χ4n) is 3.56. The van der Waals surface area contributed by atoms with Gasteiger partial charge in [-0.25, -0.2) is 22.9 Å². The zero-order valence-electron chi connectivity index (χ0n) is 16.1. The van der Waals surface area contributed by atoms with E-state index in [1.807, 2.05) is 0 Å². The van der Waals surface area contributed by atoms with Crippen molar-refractivity contribution in [2.45, 2.75) is 0 Å². The zero-order valence-corrected chi connectivity index (χ0v) is 16.1. The molecule has 0 unspecified atom stereocenters. The third-order valence-corrected chi connectivity index (χ3v) is 4.96. The van der Waals surface area contributed by atoms with Crippen LogP contribution in [0, 0.1) is 17.5 Å². The summed E-state index contributed by atoms with van der Waals surface area (Å²) in [5, 5.41) is 20.0. The first kappa shape index (κ1) is 20.9. The van der Waals surface area contributed by atoms with E-state index in [1.54, 1.807) is 6.07 Å². The van der Waals surface area contributed by atoms with Crippen LogP contribution in [0.5, 0.6) is 11.5 Å². The number of nitrogens with zero attached hydrogens (tertiary/aromatic N) is 1. The second-order valence-corrected chi connectivity index (χ2v) is 6.69. The van der Waals surface area contributed by atoms with Crippen LogP contribution in [0.1, 0.15) is 31.8 Å². The molecule has 0 fully saturated rings. The molecule has 1 aliphatic carbocycles. The summed E-state index contributed by atoms with van der Waals surface area (Å²) in [6.07, 6.45) is -1.30. The van der Waals surface area contributed by atoms with Crippen LogP contribution < -0.4 is 4.90 Å². The van der Waals surface area contributed by atoms with Gasteiger partial charge in [-0.3, -0.25) is 9.59 Å². The number of amides is 1. The fourth-order valence-corrected chi connectivity index (χ4v) is 3.56. The van der Waals surface area contributed by atoms with Crippen molar-refractivity contribution < 1.29 is 42.5 Å². The first-order chi connectivity index (χ1) is 15.2. The van der Waals surface area contributed by atoms with Gasteiger partial charge in [-0.2, -0.15) is 0 Å². The predicted molar refractivity (Wildman–Crippen MR) is 104 cm³/mol. The standard InChI is InChI=1S/C22H12F3NO6/c1-32-22(31)26(9-5-3-2-4-6-9)19-17(24)15-14(16(23)18(19)25)20(29)12-10(27)7-8-11(28)13(12)21(15)30/h2-8,27-28H,1H3. The molecule has 3 aromatic carbocycles. The Morgan fingerprint density at radius 1 is 0.781 bits per heavy atom. The highest BCUT2D eigenvalue weighted by Crippen LogP contribution is 2.43. The van der Waals surface area contributed by atoms with Crippen LogP contribution in [0.2, 0.25) is 0 Å². The van der Waals surface area contributed by atoms with Crippen molar-refractivity contribution >= 4 is 29.0 Å². The Bertz CT molecular complexity index is 1320. The van der Waals surface area contributed by atoms with E-state index in [2.05, 4.69) is 4.74 Å². The normalized spacial score (nSPS) is 12.2. The first-order valence-corrected chi connectivity index (χ1v) is 8.98. The number of para-hydroxylation sites is 1. The molecule has 0 heterocycles. The first-order valence-electron chi connectivity index (χ1n) is 8.98. The van der Waals surface area contributed by atoms with Crippen LogP contribution in [0.15, 0.2) is 42.5 Å². The lowest BCUT2D eigenvalue weighted by Crippen LogP contribution is -2.31. The van der Waals surface area contributed by atoms with Gasteiger partial charge < -0.3 is 14.9 Å². The molecule has 2 N–H and O–H groups in total. The molecule has 10 heteroatoms. The van der Waals surface area contributed by atoms with E-state index < -0.39 is 74.6 Å². The Balaban J connectivity index is 2.08. The monoisotopic (exact) mass is 443 g/mol. The second-order valence-electron chi connectivity index (χ2n) is 6.69. The number of rotatable bonds is 2. The molecule has 0 bridgehead atoms. The summed E-state index contributed by atoms with van der Waals surface area (Å²) < 4.78 is 50.3. The van der Waals surface area contributed by atoms with Crippen molar-refractivity contribution in [3.63, 3.8) is 0 Å². The van der Waals surface area contributed by atoms with E-state index in [0.29, 0.717) is 4.90 Å². The number of hydrogen-bond acceptors (Lipinski definition) is 6. The molecule has 0 aliphatic heterocycles. The molecule has 4 rings (SSSR count). The van der Waals surface area contributed by atoms with E-state index in [4.69, 9.17) is 0 Å². The lowest BCUT2D eigenvalue weighted by Gasteiger charge is -2.26. The van der Waals surface area contributed by atoms with E-state index in [0.717, 1.165) is 19.2 Å². The lowest BCUT2D eigenvalue weighted by molar-refractivity contribution is 0.0966. The van der Waals surface area contributed by atoms with Gasteiger partial charge in [-0.15, -0.1) is 0 Å². The summed E-state index contributed by atoms with van der Waals surface area (Å²) in [5.74, 6) is -9.91. The molecule has 0 saturated heterocycles. The van der Waals surface area contributed by atoms with Gasteiger partial charge >= 0.3 is 6.09 Å². The number of anilines is 2. The third kappa shape index (κ3) is 2.80. The number of carbonyl (C=O) groups is 3. The molecule has 0 radical (unpaired) electrons. The molecule has 7 nitrogen and oxygen atoms in total. The van der Waals surface area contributed by atoms with E-state index in [1.165, 1.54) is 24.3 Å². The van der Waals surface area contributed by atoms with Crippen LogP contribution in [-0.4, -0.2) is 35.0 Å². The molecule has 0 spiro atoms. The quantitative estimate of drug-likeness (QED) is 0.356. The van der Waals surface area contributed by atoms with Crippen LogP contribution in [-0.2, 0) is 4.74 Å². The van der Waals surface area contributed by atoms with Gasteiger partial charge in [0.1, 0.15) is 17.2 Å². The summed E-state index contributed by atoms with van der Waals surface area (Å²) >= 11 is 0. The summed E-state index contributed by atoms with van der Waals surface area (Å²) in [4.78, 5) is 38.5. The number of aromatic hydroxyl groups is 2. The minimum Gasteiger partial charge on any atom is -0.507 e. The number of hydrogen-bond donors (Lipinski definition) is 2. The maximum Gasteiger partial charge on any atom is 0.418 e. The molecular weight excluding hydrogens is 431 g/mol. The van der Waals surface area contributed by atoms with Crippen molar-refractivity contribution in [3.05, 3.63) is 82.2 Å². The number of benzene rings is 3. The molecular formula is C22H12F3NO6. The molecule has 0 aromatic heterocycles. The topological polar surface area (TPSA) is 104 Å². The maximum atomic E-state index is 15.6. The van der Waals surface area contributed by atoms with Gasteiger partial charge in [0.15, 0.2) is 17.5 Å². The van der Waals surface area contributed by atoms with Crippen LogP contribution in [0.3, 0.4) is 0 Å². The summed E-state index contributed by atoms with van der Waals surface area (Å²) in [6, 6.07) is 8.72. The van der Waals surface area contributed by atoms with E-state index in [-0.39, 0.29) is 5.69 Å². The van der Waals surface area contributed by atoms with Crippen molar-refractivity contribution in [3.8, 4) is 11.5 Å². The summed E-state index contributed by atoms with van der Waals surface area (Å²) in [7, 11) is 0.925. The van der Waals surface area contributed by atoms with Crippen molar-refractivity contribution in [1.82, 2.24) is 0 Å². The van der Waals surface area contributed by atoms with E-state index in [9.17, 15) is 24.6 Å². The third-order valence-electron chi connectivity index (χ3n) is 4.96. The minimum absolute atomic E-state index is 0.119. The molecule has 32 heavy (non-hydrogen) atoms. The van der Waals surface area contributed by atoms with Gasteiger partial charge in [0.05, 0.1) is 35.1 Å². The predicted octanol–water partition coefficient (Wildman–Crippen LogP) is 4.20. The Kier molecular flexibility index (Phi) is 4.85. The average Bonchev–Trinajstić information content (AvgIpc) is 2.79. The largest absolute Gasteiger partial charge is 0.507 e. The number of halogens is 3. The number of carbonyl (C=O) groups excluding carboxylic acids is 3. The van der Waals surface area contributed by atoms with Crippen LogP contribution >= 0.6 is 0 Å². The number of fused-ring (bicyclic) bond motifs is 2. The lowest BCUT2D eigenvalue weighted by atomic mass is 9.82. The molecule has 1 aliphatic rings. The summed E-state index contributed by atoms with van der Waals surface area (Å²) in [6.45, 7) is 0. The van der Waals surface area contributed by atoms with E-state index >= 15 is 13.2 Å². The number of methoxy groups -OCH3 is 1. The number of ketones is 2. The number of ether oxygens (including phenoxy) is 1. The van der Waals surface area contributed by atoms with Gasteiger partial charge in [-0.1, -0.05) is 18.2 Å². The Morgan fingerprint density at radius 2 is 1.28 bits per heavy atom.